The van der Waals surface area contributed by atoms with Crippen molar-refractivity contribution in [3.63, 3.8) is 0 Å². The molecule has 4 heterocycles. The first-order valence-corrected chi connectivity index (χ1v) is 9.29. The smallest absolute Gasteiger partial charge is 0.274 e. The van der Waals surface area contributed by atoms with Crippen molar-refractivity contribution in [3.05, 3.63) is 76.4 Å². The molecule has 1 saturated heterocycles. The number of morpholine rings is 1. The van der Waals surface area contributed by atoms with Gasteiger partial charge in [0, 0.05) is 19.7 Å². The van der Waals surface area contributed by atoms with E-state index in [0.717, 1.165) is 10.9 Å². The molecule has 0 aromatic carbocycles. The van der Waals surface area contributed by atoms with Gasteiger partial charge in [-0.25, -0.2) is 14.1 Å². The highest BCUT2D eigenvalue weighted by atomic mass is 19.1. The van der Waals surface area contributed by atoms with Gasteiger partial charge in [0.05, 0.1) is 36.9 Å². The van der Waals surface area contributed by atoms with E-state index >= 15 is 0 Å². The third-order valence-electron chi connectivity index (χ3n) is 4.65. The Hall–Kier alpha value is -3.66. The van der Waals surface area contributed by atoms with E-state index in [4.69, 9.17) is 4.74 Å². The number of nitrogens with zero attached hydrogens (tertiary/aromatic N) is 5. The van der Waals surface area contributed by atoms with Crippen molar-refractivity contribution < 1.29 is 13.9 Å². The number of hydrogen-bond donors (Lipinski definition) is 1. The predicted octanol–water partition coefficient (Wildman–Crippen LogP) is 1.67. The van der Waals surface area contributed by atoms with Gasteiger partial charge in [0.1, 0.15) is 23.4 Å². The lowest BCUT2D eigenvalue weighted by atomic mass is 10.1. The van der Waals surface area contributed by atoms with E-state index in [9.17, 15) is 14.0 Å². The Bertz CT molecular complexity index is 1100. The lowest BCUT2D eigenvalue weighted by Gasteiger charge is -2.32. The average Bonchev–Trinajstić information content (AvgIpc) is 2.77. The zero-order valence-electron chi connectivity index (χ0n) is 16.2. The molecule has 1 aliphatic rings. The maximum absolute atomic E-state index is 13.0. The van der Waals surface area contributed by atoms with Crippen LogP contribution in [0.25, 0.3) is 0 Å². The number of nitrogens with one attached hydrogen (secondary N) is 1. The van der Waals surface area contributed by atoms with Gasteiger partial charge in [0.25, 0.3) is 11.5 Å². The largest absolute Gasteiger partial charge is 0.368 e. The van der Waals surface area contributed by atoms with E-state index in [-0.39, 0.29) is 23.3 Å². The first-order chi connectivity index (χ1) is 14.5. The van der Waals surface area contributed by atoms with E-state index in [1.807, 2.05) is 6.07 Å². The molecule has 0 unspecified atom stereocenters. The number of carbonyl (C=O) groups excluding carboxylic acids is 1. The Balaban J connectivity index is 1.43. The molecule has 30 heavy (non-hydrogen) atoms. The average molecular weight is 410 g/mol. The molecule has 3 aromatic rings. The fraction of sp³-hybridized carbons (Fsp3) is 0.250. The Kier molecular flexibility index (Phi) is 5.48. The highest BCUT2D eigenvalue weighted by Gasteiger charge is 2.27. The van der Waals surface area contributed by atoms with E-state index in [1.54, 1.807) is 17.2 Å². The molecule has 1 atom stereocenters. The van der Waals surface area contributed by atoms with Crippen LogP contribution in [0.5, 0.6) is 0 Å². The number of hydrogen-bond acceptors (Lipinski definition) is 7. The van der Waals surface area contributed by atoms with Crippen molar-refractivity contribution in [1.29, 1.82) is 0 Å². The van der Waals surface area contributed by atoms with Crippen LogP contribution in [0.4, 0.5) is 15.9 Å². The first-order valence-electron chi connectivity index (χ1n) is 9.29. The normalized spacial score (nSPS) is 16.3. The summed E-state index contributed by atoms with van der Waals surface area (Å²) in [7, 11) is 1.50. The quantitative estimate of drug-likeness (QED) is 0.698. The Morgan fingerprint density at radius 2 is 2.03 bits per heavy atom. The lowest BCUT2D eigenvalue weighted by Crippen LogP contribution is -2.43. The standard InChI is InChI=1S/C20H19FN6O3/c1-26-19(28)7-5-16(25-26)20(29)27-8-9-30-17(12-27)15-4-3-14(11-22-15)24-18-6-2-13(21)10-23-18/h2-7,10-11,17H,8-9,12H2,1H3,(H,23,24)/t17-/m1/s1. The molecule has 10 heteroatoms. The number of amides is 1. The van der Waals surface area contributed by atoms with E-state index < -0.39 is 5.82 Å². The SMILES string of the molecule is Cn1nc(C(=O)N2CCO[C@@H](c3ccc(Nc4ccc(F)cn4)cn3)C2)ccc1=O. The van der Waals surface area contributed by atoms with Crippen molar-refractivity contribution in [2.75, 3.05) is 25.0 Å². The Morgan fingerprint density at radius 1 is 1.17 bits per heavy atom. The summed E-state index contributed by atoms with van der Waals surface area (Å²) >= 11 is 0. The molecule has 1 amide bonds. The number of aromatic nitrogens is 4. The highest BCUT2D eigenvalue weighted by molar-refractivity contribution is 5.92. The van der Waals surface area contributed by atoms with Gasteiger partial charge in [-0.15, -0.1) is 0 Å². The maximum atomic E-state index is 13.0. The van der Waals surface area contributed by atoms with Crippen molar-refractivity contribution >= 4 is 17.4 Å². The summed E-state index contributed by atoms with van der Waals surface area (Å²) < 4.78 is 19.9. The summed E-state index contributed by atoms with van der Waals surface area (Å²) in [4.78, 5) is 34.2. The molecule has 9 nitrogen and oxygen atoms in total. The second-order valence-electron chi connectivity index (χ2n) is 6.75. The second kappa shape index (κ2) is 8.37. The molecule has 1 aliphatic heterocycles. The zero-order chi connectivity index (χ0) is 21.1. The Labute approximate surface area is 171 Å². The van der Waals surface area contributed by atoms with Gasteiger partial charge in [0.15, 0.2) is 0 Å². The number of halogens is 1. The summed E-state index contributed by atoms with van der Waals surface area (Å²) in [5, 5.41) is 7.06. The monoisotopic (exact) mass is 410 g/mol. The summed E-state index contributed by atoms with van der Waals surface area (Å²) in [6, 6.07) is 9.21. The molecule has 0 aliphatic carbocycles. The van der Waals surface area contributed by atoms with Gasteiger partial charge in [-0.3, -0.25) is 14.6 Å². The fourth-order valence-corrected chi connectivity index (χ4v) is 3.06. The van der Waals surface area contributed by atoms with Gasteiger partial charge in [0.2, 0.25) is 0 Å². The van der Waals surface area contributed by atoms with Crippen LogP contribution < -0.4 is 10.9 Å². The molecular weight excluding hydrogens is 391 g/mol. The molecule has 1 N–H and O–H groups in total. The van der Waals surface area contributed by atoms with Crippen LogP contribution in [0, 0.1) is 5.82 Å². The number of aryl methyl sites for hydroxylation is 1. The molecule has 0 bridgehead atoms. The number of pyridine rings is 2. The van der Waals surface area contributed by atoms with Gasteiger partial charge in [-0.2, -0.15) is 5.10 Å². The van der Waals surface area contributed by atoms with Crippen molar-refractivity contribution in [1.82, 2.24) is 24.6 Å². The third-order valence-corrected chi connectivity index (χ3v) is 4.65. The van der Waals surface area contributed by atoms with Crippen LogP contribution in [-0.4, -0.2) is 50.3 Å². The Morgan fingerprint density at radius 3 is 2.73 bits per heavy atom. The molecule has 1 fully saturated rings. The van der Waals surface area contributed by atoms with Gasteiger partial charge < -0.3 is 15.0 Å². The van der Waals surface area contributed by atoms with Crippen molar-refractivity contribution in [2.45, 2.75) is 6.10 Å². The van der Waals surface area contributed by atoms with Crippen LogP contribution in [0.2, 0.25) is 0 Å². The summed E-state index contributed by atoms with van der Waals surface area (Å²) in [5.74, 6) is -0.170. The zero-order valence-corrected chi connectivity index (χ0v) is 16.2. The number of ether oxygens (including phenoxy) is 1. The van der Waals surface area contributed by atoms with Gasteiger partial charge in [-0.1, -0.05) is 0 Å². The molecule has 0 saturated carbocycles. The molecule has 3 aromatic heterocycles. The first kappa shape index (κ1) is 19.6. The molecule has 4 rings (SSSR count). The molecule has 0 spiro atoms. The van der Waals surface area contributed by atoms with Crippen LogP contribution in [0.3, 0.4) is 0 Å². The molecule has 0 radical (unpaired) electrons. The van der Waals surface area contributed by atoms with Crippen molar-refractivity contribution in [3.8, 4) is 0 Å². The number of anilines is 2. The van der Waals surface area contributed by atoms with Crippen LogP contribution in [-0.2, 0) is 11.8 Å². The number of carbonyl (C=O) groups is 1. The molecule has 154 valence electrons. The summed E-state index contributed by atoms with van der Waals surface area (Å²) in [6.45, 7) is 1.11. The van der Waals surface area contributed by atoms with Crippen LogP contribution >= 0.6 is 0 Å². The molecular formula is C20H19FN6O3. The van der Waals surface area contributed by atoms with Crippen molar-refractivity contribution in [2.24, 2.45) is 7.05 Å². The van der Waals surface area contributed by atoms with Gasteiger partial charge in [-0.05, 0) is 30.3 Å². The second-order valence-corrected chi connectivity index (χ2v) is 6.75. The van der Waals surface area contributed by atoms with Crippen LogP contribution in [0.1, 0.15) is 22.3 Å². The van der Waals surface area contributed by atoms with E-state index in [2.05, 4.69) is 20.4 Å². The fourth-order valence-electron chi connectivity index (χ4n) is 3.06. The van der Waals surface area contributed by atoms with E-state index in [0.29, 0.717) is 36.9 Å². The topological polar surface area (TPSA) is 102 Å². The van der Waals surface area contributed by atoms with Gasteiger partial charge >= 0.3 is 0 Å². The third kappa shape index (κ3) is 4.33. The summed E-state index contributed by atoms with van der Waals surface area (Å²) in [6.07, 6.45) is 2.37. The predicted molar refractivity (Wildman–Crippen MR) is 106 cm³/mol. The number of rotatable bonds is 4. The minimum Gasteiger partial charge on any atom is -0.368 e. The highest BCUT2D eigenvalue weighted by Crippen LogP contribution is 2.23. The maximum Gasteiger partial charge on any atom is 0.274 e. The minimum absolute atomic E-state index is 0.206. The van der Waals surface area contributed by atoms with Crippen LogP contribution in [0.15, 0.2) is 53.6 Å². The summed E-state index contributed by atoms with van der Waals surface area (Å²) in [5.41, 5.74) is 1.30. The van der Waals surface area contributed by atoms with E-state index in [1.165, 1.54) is 31.3 Å². The lowest BCUT2D eigenvalue weighted by molar-refractivity contribution is -0.0249. The minimum atomic E-state index is -0.407.